The lowest BCUT2D eigenvalue weighted by Gasteiger charge is -2.04. The van der Waals surface area contributed by atoms with Gasteiger partial charge in [0.05, 0.1) is 19.8 Å². The lowest BCUT2D eigenvalue weighted by atomic mass is 10.3. The van der Waals surface area contributed by atoms with Crippen LogP contribution in [0.5, 0.6) is 5.75 Å². The number of nitrogens with zero attached hydrogens (tertiary/aromatic N) is 2. The lowest BCUT2D eigenvalue weighted by Crippen LogP contribution is -2.24. The minimum absolute atomic E-state index is 0.854. The minimum atomic E-state index is 0.854. The highest BCUT2D eigenvalue weighted by molar-refractivity contribution is 5.38. The van der Waals surface area contributed by atoms with Gasteiger partial charge >= 0.3 is 0 Å². The van der Waals surface area contributed by atoms with Crippen molar-refractivity contribution in [1.82, 2.24) is 4.57 Å². The van der Waals surface area contributed by atoms with E-state index in [9.17, 15) is 0 Å². The Bertz CT molecular complexity index is 434. The van der Waals surface area contributed by atoms with Gasteiger partial charge in [-0.2, -0.15) is 0 Å². The Balaban J connectivity index is 2.41. The normalized spacial score (nSPS) is 10.1. The molecule has 0 N–H and O–H groups in total. The lowest BCUT2D eigenvalue weighted by molar-refractivity contribution is -0.674. The number of benzene rings is 1. The third-order valence-corrected chi connectivity index (χ3v) is 2.04. The first-order valence-corrected chi connectivity index (χ1v) is 4.40. The van der Waals surface area contributed by atoms with Gasteiger partial charge in [-0.15, -0.1) is 0 Å². The molecule has 0 atom stereocenters. The van der Waals surface area contributed by atoms with Crippen molar-refractivity contribution in [3.05, 3.63) is 43.0 Å². The summed E-state index contributed by atoms with van der Waals surface area (Å²) in [6, 6.07) is 7.87. The van der Waals surface area contributed by atoms with E-state index < -0.39 is 0 Å². The monoisotopic (exact) mass is 188 g/mol. The molecule has 0 saturated heterocycles. The average Bonchev–Trinajstić information content (AvgIpc) is 2.65. The minimum Gasteiger partial charge on any atom is -0.497 e. The van der Waals surface area contributed by atoms with Crippen LogP contribution in [-0.4, -0.2) is 11.7 Å². The smallest absolute Gasteiger partial charge is 0.243 e. The fraction of sp³-hybridized carbons (Fsp3) is 0.182. The number of ether oxygens (including phenoxy) is 1. The summed E-state index contributed by atoms with van der Waals surface area (Å²) in [7, 11) is 3.61. The maximum absolute atomic E-state index is 5.15. The van der Waals surface area contributed by atoms with Crippen LogP contribution in [0.3, 0.4) is 0 Å². The molecule has 0 aliphatic carbocycles. The van der Waals surface area contributed by atoms with E-state index in [0.29, 0.717) is 0 Å². The maximum Gasteiger partial charge on any atom is 0.243 e. The summed E-state index contributed by atoms with van der Waals surface area (Å²) in [5.74, 6) is 0.854. The second kappa shape index (κ2) is 3.54. The summed E-state index contributed by atoms with van der Waals surface area (Å²) in [5.41, 5.74) is 1.05. The molecule has 0 saturated carbocycles. The second-order valence-corrected chi connectivity index (χ2v) is 3.08. The number of imidazole rings is 1. The maximum atomic E-state index is 5.15. The molecule has 1 heterocycles. The molecule has 0 spiro atoms. The second-order valence-electron chi connectivity index (χ2n) is 3.08. The molecule has 0 unspecified atom stereocenters. The first-order chi connectivity index (χ1) is 6.79. The van der Waals surface area contributed by atoms with E-state index in [1.54, 1.807) is 7.11 Å². The highest BCUT2D eigenvalue weighted by atomic mass is 16.5. The third-order valence-electron chi connectivity index (χ3n) is 2.04. The van der Waals surface area contributed by atoms with Gasteiger partial charge in [0.25, 0.3) is 0 Å². The van der Waals surface area contributed by atoms with Crippen molar-refractivity contribution in [2.45, 2.75) is 0 Å². The molecule has 2 aromatic rings. The molecule has 0 amide bonds. The van der Waals surface area contributed by atoms with E-state index in [-0.39, 0.29) is 0 Å². The van der Waals surface area contributed by atoms with Crippen molar-refractivity contribution < 1.29 is 9.30 Å². The van der Waals surface area contributed by atoms with Crippen LogP contribution in [0.1, 0.15) is 0 Å². The van der Waals surface area contributed by atoms with Gasteiger partial charge in [-0.3, -0.25) is 0 Å². The van der Waals surface area contributed by atoms with E-state index in [4.69, 9.17) is 4.74 Å². The predicted molar refractivity (Wildman–Crippen MR) is 52.3 cm³/mol. The van der Waals surface area contributed by atoms with Crippen LogP contribution < -0.4 is 9.30 Å². The van der Waals surface area contributed by atoms with Crippen LogP contribution in [0.25, 0.3) is 5.69 Å². The Kier molecular flexibility index (Phi) is 2.23. The number of aryl methyl sites for hydroxylation is 1. The molecule has 14 heavy (non-hydrogen) atoms. The topological polar surface area (TPSA) is 18.0 Å². The Hall–Kier alpha value is -1.77. The van der Waals surface area contributed by atoms with Gasteiger partial charge in [-0.25, -0.2) is 0 Å². The van der Waals surface area contributed by atoms with E-state index in [0.717, 1.165) is 11.4 Å². The summed E-state index contributed by atoms with van der Waals surface area (Å²) in [6.07, 6.45) is 7.02. The van der Waals surface area contributed by atoms with E-state index >= 15 is 0 Å². The number of rotatable bonds is 2. The zero-order valence-corrected chi connectivity index (χ0v) is 8.27. The number of hydrogen-bond acceptors (Lipinski definition) is 1. The zero-order valence-electron chi connectivity index (χ0n) is 8.27. The molecule has 0 radical (unpaired) electrons. The number of methoxy groups -OCH3 is 1. The van der Waals surface area contributed by atoms with Crippen molar-refractivity contribution >= 4 is 0 Å². The molecular formula is C11H12N2O. The summed E-state index contributed by atoms with van der Waals surface area (Å²) >= 11 is 0. The van der Waals surface area contributed by atoms with Crippen molar-refractivity contribution in [2.75, 3.05) is 7.11 Å². The highest BCUT2D eigenvalue weighted by Crippen LogP contribution is 2.15. The molecule has 0 bridgehead atoms. The van der Waals surface area contributed by atoms with Gasteiger partial charge in [0.15, 0.2) is 0 Å². The van der Waals surface area contributed by atoms with Gasteiger partial charge in [0.1, 0.15) is 5.75 Å². The van der Waals surface area contributed by atoms with Gasteiger partial charge < -0.3 is 13.9 Å². The Labute approximate surface area is 83.2 Å². The van der Waals surface area contributed by atoms with Crippen molar-refractivity contribution in [2.24, 2.45) is 7.05 Å². The summed E-state index contributed by atoms with van der Waals surface area (Å²) in [6.45, 7) is 0. The van der Waals surface area contributed by atoms with Crippen LogP contribution in [0.4, 0.5) is 0 Å². The van der Waals surface area contributed by atoms with Gasteiger partial charge in [-0.1, -0.05) is 12.1 Å². The molecule has 3 nitrogen and oxygen atoms in total. The Morgan fingerprint density at radius 2 is 2.29 bits per heavy atom. The van der Waals surface area contributed by atoms with Crippen LogP contribution in [0, 0.1) is 6.33 Å². The summed E-state index contributed by atoms with van der Waals surface area (Å²) in [5, 5.41) is 0. The summed E-state index contributed by atoms with van der Waals surface area (Å²) in [4.78, 5) is 0. The van der Waals surface area contributed by atoms with E-state index in [2.05, 4.69) is 6.33 Å². The Morgan fingerprint density at radius 1 is 1.43 bits per heavy atom. The quantitative estimate of drug-likeness (QED) is 0.510. The van der Waals surface area contributed by atoms with E-state index in [1.807, 2.05) is 52.8 Å². The standard InChI is InChI=1S/C11H12N2O/c1-12-6-7-13(9-12)10-4-3-5-11(8-10)14-2/h3-8H,1-2H3. The van der Waals surface area contributed by atoms with Crippen molar-refractivity contribution in [3.8, 4) is 11.4 Å². The van der Waals surface area contributed by atoms with Crippen molar-refractivity contribution in [1.29, 1.82) is 0 Å². The van der Waals surface area contributed by atoms with Crippen LogP contribution >= 0.6 is 0 Å². The highest BCUT2D eigenvalue weighted by Gasteiger charge is 1.97. The van der Waals surface area contributed by atoms with Gasteiger partial charge in [0, 0.05) is 12.4 Å². The molecule has 0 fully saturated rings. The van der Waals surface area contributed by atoms with Crippen LogP contribution in [-0.2, 0) is 7.05 Å². The molecule has 2 rings (SSSR count). The number of aromatic nitrogens is 2. The molecule has 0 aliphatic heterocycles. The fourth-order valence-electron chi connectivity index (χ4n) is 1.31. The van der Waals surface area contributed by atoms with E-state index in [1.165, 1.54) is 0 Å². The molecule has 72 valence electrons. The first-order valence-electron chi connectivity index (χ1n) is 4.40. The Morgan fingerprint density at radius 3 is 2.93 bits per heavy atom. The van der Waals surface area contributed by atoms with Gasteiger partial charge in [0.2, 0.25) is 6.33 Å². The SMILES string of the molecule is COc1cccc(-n2[c-][n+](C)cc2)c1. The fourth-order valence-corrected chi connectivity index (χ4v) is 1.31. The first kappa shape index (κ1) is 8.81. The third kappa shape index (κ3) is 1.62. The molecule has 1 aromatic carbocycles. The molecular weight excluding hydrogens is 176 g/mol. The zero-order chi connectivity index (χ0) is 9.97. The number of hydrogen-bond donors (Lipinski definition) is 0. The average molecular weight is 188 g/mol. The largest absolute Gasteiger partial charge is 0.497 e. The van der Waals surface area contributed by atoms with Crippen LogP contribution in [0.2, 0.25) is 0 Å². The molecule has 1 aromatic heterocycles. The summed E-state index contributed by atoms with van der Waals surface area (Å²) < 4.78 is 8.94. The molecule has 3 heteroatoms. The van der Waals surface area contributed by atoms with Crippen molar-refractivity contribution in [3.63, 3.8) is 0 Å². The molecule has 0 aliphatic rings. The van der Waals surface area contributed by atoms with Gasteiger partial charge in [-0.05, 0) is 12.1 Å². The predicted octanol–water partition coefficient (Wildman–Crippen LogP) is 1.11. The van der Waals surface area contributed by atoms with Crippen LogP contribution in [0.15, 0.2) is 36.7 Å².